The molecule has 0 aliphatic carbocycles. The molecule has 0 saturated carbocycles. The van der Waals surface area contributed by atoms with E-state index in [1.807, 2.05) is 0 Å². The molecule has 0 aliphatic heterocycles. The fraction of sp³-hybridized carbons (Fsp3) is 0.300. The van der Waals surface area contributed by atoms with Gasteiger partial charge in [0.25, 0.3) is 10.0 Å². The summed E-state index contributed by atoms with van der Waals surface area (Å²) in [6, 6.07) is 0. The predicted molar refractivity (Wildman–Crippen MR) is 70.4 cm³/mol. The van der Waals surface area contributed by atoms with Gasteiger partial charge < -0.3 is 9.47 Å². The highest BCUT2D eigenvalue weighted by Crippen LogP contribution is 2.13. The number of hydrogen-bond acceptors (Lipinski definition) is 6. The molecule has 2 aromatic rings. The van der Waals surface area contributed by atoms with E-state index in [9.17, 15) is 8.42 Å². The Hall–Kier alpha value is -2.16. The first-order valence-corrected chi connectivity index (χ1v) is 6.87. The maximum Gasteiger partial charge on any atom is 0.281 e. The molecule has 0 aromatic carbocycles. The van der Waals surface area contributed by atoms with Crippen molar-refractivity contribution in [3.63, 3.8) is 0 Å². The number of aromatic nitrogens is 4. The lowest BCUT2D eigenvalue weighted by molar-refractivity contribution is 0.598. The van der Waals surface area contributed by atoms with E-state index in [0.717, 1.165) is 0 Å². The van der Waals surface area contributed by atoms with Crippen molar-refractivity contribution in [2.24, 2.45) is 7.05 Å². The van der Waals surface area contributed by atoms with Gasteiger partial charge in [-0.25, -0.2) is 15.0 Å². The maximum absolute atomic E-state index is 12.0. The summed E-state index contributed by atoms with van der Waals surface area (Å²) in [6.45, 7) is 0. The molecule has 102 valence electrons. The zero-order valence-corrected chi connectivity index (χ0v) is 11.6. The van der Waals surface area contributed by atoms with Crippen LogP contribution in [0.2, 0.25) is 0 Å². The van der Waals surface area contributed by atoms with Crippen molar-refractivity contribution in [1.29, 1.82) is 0 Å². The molecule has 8 nitrogen and oxygen atoms in total. The van der Waals surface area contributed by atoms with E-state index in [1.54, 1.807) is 30.6 Å². The lowest BCUT2D eigenvalue weighted by atomic mass is 10.6. The standard InChI is InChI=1S/C10H14N6O2S/c1-15(2)10-11-4-8(5-12-10)14-19(17,18)9-6-16(3)7-13-9/h4-7,14H,1-3H3. The zero-order valence-electron chi connectivity index (χ0n) is 10.8. The van der Waals surface area contributed by atoms with Crippen molar-refractivity contribution < 1.29 is 8.42 Å². The van der Waals surface area contributed by atoms with Gasteiger partial charge in [0, 0.05) is 27.3 Å². The molecule has 19 heavy (non-hydrogen) atoms. The summed E-state index contributed by atoms with van der Waals surface area (Å²) in [7, 11) is 1.59. The number of rotatable bonds is 4. The molecule has 0 saturated heterocycles. The van der Waals surface area contributed by atoms with Crippen molar-refractivity contribution in [2.75, 3.05) is 23.7 Å². The molecule has 9 heteroatoms. The Bertz CT molecular complexity index is 662. The first kappa shape index (κ1) is 13.3. The Morgan fingerprint density at radius 1 is 1.21 bits per heavy atom. The number of imidazole rings is 1. The van der Waals surface area contributed by atoms with E-state index in [-0.39, 0.29) is 10.7 Å². The molecular weight excluding hydrogens is 268 g/mol. The van der Waals surface area contributed by atoms with E-state index < -0.39 is 10.0 Å². The molecule has 2 aromatic heterocycles. The van der Waals surface area contributed by atoms with Gasteiger partial charge in [-0.1, -0.05) is 0 Å². The molecule has 1 N–H and O–H groups in total. The first-order valence-electron chi connectivity index (χ1n) is 5.38. The van der Waals surface area contributed by atoms with Crippen molar-refractivity contribution in [1.82, 2.24) is 19.5 Å². The summed E-state index contributed by atoms with van der Waals surface area (Å²) in [6.07, 6.45) is 5.64. The van der Waals surface area contributed by atoms with E-state index >= 15 is 0 Å². The number of hydrogen-bond donors (Lipinski definition) is 1. The SMILES string of the molecule is CN(C)c1ncc(NS(=O)(=O)c2cn(C)cn2)cn1. The highest BCUT2D eigenvalue weighted by atomic mass is 32.2. The number of aryl methyl sites for hydroxylation is 1. The van der Waals surface area contributed by atoms with Crippen LogP contribution in [-0.4, -0.2) is 42.0 Å². The summed E-state index contributed by atoms with van der Waals surface area (Å²) < 4.78 is 27.9. The predicted octanol–water partition coefficient (Wildman–Crippen LogP) is 0.0769. The third-order valence-electron chi connectivity index (χ3n) is 2.25. The van der Waals surface area contributed by atoms with Gasteiger partial charge in [-0.05, 0) is 0 Å². The smallest absolute Gasteiger partial charge is 0.281 e. The molecule has 2 heterocycles. The van der Waals surface area contributed by atoms with Crippen LogP contribution in [0, 0.1) is 0 Å². The second kappa shape index (κ2) is 4.84. The fourth-order valence-corrected chi connectivity index (χ4v) is 2.35. The van der Waals surface area contributed by atoms with Crippen LogP contribution in [0.15, 0.2) is 29.9 Å². The van der Waals surface area contributed by atoms with E-state index in [2.05, 4.69) is 19.7 Å². The molecule has 0 radical (unpaired) electrons. The minimum absolute atomic E-state index is 0.0494. The first-order chi connectivity index (χ1) is 8.88. The molecule has 0 amide bonds. The van der Waals surface area contributed by atoms with Gasteiger partial charge in [0.05, 0.1) is 24.4 Å². The van der Waals surface area contributed by atoms with Crippen LogP contribution >= 0.6 is 0 Å². The Kier molecular flexibility index (Phi) is 3.38. The molecule has 0 aliphatic rings. The molecule has 0 atom stereocenters. The Morgan fingerprint density at radius 3 is 2.32 bits per heavy atom. The Balaban J connectivity index is 2.21. The maximum atomic E-state index is 12.0. The molecule has 2 rings (SSSR count). The normalized spacial score (nSPS) is 11.3. The minimum atomic E-state index is -3.70. The van der Waals surface area contributed by atoms with E-state index in [4.69, 9.17) is 0 Å². The van der Waals surface area contributed by atoms with Crippen LogP contribution < -0.4 is 9.62 Å². The van der Waals surface area contributed by atoms with Crippen molar-refractivity contribution in [2.45, 2.75) is 5.03 Å². The summed E-state index contributed by atoms with van der Waals surface area (Å²) in [5, 5.41) is -0.0494. The highest BCUT2D eigenvalue weighted by molar-refractivity contribution is 7.92. The van der Waals surface area contributed by atoms with E-state index in [1.165, 1.54) is 24.9 Å². The van der Waals surface area contributed by atoms with Crippen LogP contribution in [0.1, 0.15) is 0 Å². The second-order valence-corrected chi connectivity index (χ2v) is 5.78. The average molecular weight is 282 g/mol. The zero-order chi connectivity index (χ0) is 14.0. The molecule has 0 bridgehead atoms. The van der Waals surface area contributed by atoms with Gasteiger partial charge >= 0.3 is 0 Å². The molecular formula is C10H14N6O2S. The van der Waals surface area contributed by atoms with Gasteiger partial charge in [0.15, 0.2) is 5.03 Å². The van der Waals surface area contributed by atoms with Gasteiger partial charge in [0.2, 0.25) is 5.95 Å². The third-order valence-corrected chi connectivity index (χ3v) is 3.51. The van der Waals surface area contributed by atoms with Gasteiger partial charge in [-0.15, -0.1) is 0 Å². The highest BCUT2D eigenvalue weighted by Gasteiger charge is 2.17. The quantitative estimate of drug-likeness (QED) is 0.853. The van der Waals surface area contributed by atoms with Crippen molar-refractivity contribution in [3.05, 3.63) is 24.9 Å². The second-order valence-electron chi connectivity index (χ2n) is 4.15. The number of nitrogens with zero attached hydrogens (tertiary/aromatic N) is 5. The van der Waals surface area contributed by atoms with Gasteiger partial charge in [-0.3, -0.25) is 4.72 Å². The third kappa shape index (κ3) is 2.99. The van der Waals surface area contributed by atoms with Crippen LogP contribution in [0.4, 0.5) is 11.6 Å². The molecule has 0 spiro atoms. The van der Waals surface area contributed by atoms with Gasteiger partial charge in [0.1, 0.15) is 0 Å². The number of sulfonamides is 1. The summed E-state index contributed by atoms with van der Waals surface area (Å²) in [5.74, 6) is 0.501. The number of anilines is 2. The van der Waals surface area contributed by atoms with Crippen LogP contribution in [0.3, 0.4) is 0 Å². The average Bonchev–Trinajstić information content (AvgIpc) is 2.77. The summed E-state index contributed by atoms with van der Waals surface area (Å²) >= 11 is 0. The summed E-state index contributed by atoms with van der Waals surface area (Å²) in [5.41, 5.74) is 0.288. The van der Waals surface area contributed by atoms with Crippen LogP contribution in [0.25, 0.3) is 0 Å². The van der Waals surface area contributed by atoms with Crippen LogP contribution in [-0.2, 0) is 17.1 Å². The topological polar surface area (TPSA) is 93.0 Å². The number of nitrogens with one attached hydrogen (secondary N) is 1. The van der Waals surface area contributed by atoms with Crippen molar-refractivity contribution >= 4 is 21.7 Å². The fourth-order valence-electron chi connectivity index (χ4n) is 1.34. The minimum Gasteiger partial charge on any atom is -0.347 e. The molecule has 0 unspecified atom stereocenters. The Labute approximate surface area is 111 Å². The lowest BCUT2D eigenvalue weighted by Crippen LogP contribution is -2.15. The van der Waals surface area contributed by atoms with Gasteiger partial charge in [-0.2, -0.15) is 8.42 Å². The van der Waals surface area contributed by atoms with Crippen LogP contribution in [0.5, 0.6) is 0 Å². The molecule has 0 fully saturated rings. The van der Waals surface area contributed by atoms with E-state index in [0.29, 0.717) is 5.95 Å². The Morgan fingerprint density at radius 2 is 1.84 bits per heavy atom. The largest absolute Gasteiger partial charge is 0.347 e. The summed E-state index contributed by atoms with van der Waals surface area (Å²) in [4.78, 5) is 13.6. The monoisotopic (exact) mass is 282 g/mol. The lowest BCUT2D eigenvalue weighted by Gasteiger charge is -2.10. The van der Waals surface area contributed by atoms with Crippen molar-refractivity contribution in [3.8, 4) is 0 Å².